The Morgan fingerprint density at radius 1 is 1.50 bits per heavy atom. The molecule has 0 aromatic carbocycles. The van der Waals surface area contributed by atoms with E-state index in [9.17, 15) is 13.2 Å². The van der Waals surface area contributed by atoms with Crippen molar-refractivity contribution in [1.29, 1.82) is 0 Å². The Hall–Kier alpha value is -0.380. The molecule has 1 fully saturated rings. The maximum Gasteiger partial charge on any atom is 0.159 e. The minimum atomic E-state index is -3.06. The van der Waals surface area contributed by atoms with Crippen LogP contribution in [0.3, 0.4) is 0 Å². The van der Waals surface area contributed by atoms with Crippen molar-refractivity contribution in [2.24, 2.45) is 0 Å². The Balaban J connectivity index is 2.84. The van der Waals surface area contributed by atoms with Crippen LogP contribution in [0.2, 0.25) is 0 Å². The minimum Gasteiger partial charge on any atom is -0.299 e. The first-order valence-electron chi connectivity index (χ1n) is 3.25. The molecule has 1 saturated heterocycles. The number of hydrogen-bond acceptors (Lipinski definition) is 3. The highest BCUT2D eigenvalue weighted by atomic mass is 32.2. The molecule has 10 heavy (non-hydrogen) atoms. The summed E-state index contributed by atoms with van der Waals surface area (Å²) in [7, 11) is -3.06. The van der Waals surface area contributed by atoms with Crippen molar-refractivity contribution in [2.45, 2.75) is 25.0 Å². The number of hydrogen-bond donors (Lipinski definition) is 0. The van der Waals surface area contributed by atoms with Gasteiger partial charge in [0.05, 0.1) is 5.25 Å². The van der Waals surface area contributed by atoms with Gasteiger partial charge in [0.2, 0.25) is 0 Å². The van der Waals surface area contributed by atoms with Crippen LogP contribution in [0.5, 0.6) is 0 Å². The normalized spacial score (nSPS) is 32.1. The summed E-state index contributed by atoms with van der Waals surface area (Å²) < 4.78 is 21.9. The molecule has 1 atom stereocenters. The molecule has 1 aliphatic rings. The second-order valence-corrected chi connectivity index (χ2v) is 5.11. The highest BCUT2D eigenvalue weighted by Gasteiger charge is 2.29. The first-order chi connectivity index (χ1) is 4.52. The van der Waals surface area contributed by atoms with Crippen LogP contribution in [0.25, 0.3) is 0 Å². The number of ketones is 1. The fourth-order valence-electron chi connectivity index (χ4n) is 0.983. The number of rotatable bonds is 0. The van der Waals surface area contributed by atoms with E-state index in [0.29, 0.717) is 12.8 Å². The summed E-state index contributed by atoms with van der Waals surface area (Å²) in [6.45, 7) is 1.65. The van der Waals surface area contributed by atoms with Gasteiger partial charge >= 0.3 is 0 Å². The highest BCUT2D eigenvalue weighted by Crippen LogP contribution is 2.15. The van der Waals surface area contributed by atoms with Crippen LogP contribution in [0.15, 0.2) is 0 Å². The van der Waals surface area contributed by atoms with Gasteiger partial charge in [-0.2, -0.15) is 0 Å². The van der Waals surface area contributed by atoms with Crippen LogP contribution < -0.4 is 0 Å². The van der Waals surface area contributed by atoms with Gasteiger partial charge in [0, 0.05) is 6.42 Å². The van der Waals surface area contributed by atoms with Crippen molar-refractivity contribution in [3.05, 3.63) is 0 Å². The lowest BCUT2D eigenvalue weighted by Gasteiger charge is -2.16. The van der Waals surface area contributed by atoms with Crippen LogP contribution >= 0.6 is 0 Å². The quantitative estimate of drug-likeness (QED) is 0.509. The first kappa shape index (κ1) is 7.72. The maximum absolute atomic E-state index is 11.0. The molecule has 0 amide bonds. The molecule has 0 saturated carbocycles. The van der Waals surface area contributed by atoms with E-state index in [1.807, 2.05) is 0 Å². The average molecular weight is 162 g/mol. The number of carbonyl (C=O) groups excluding carboxylic acids is 1. The summed E-state index contributed by atoms with van der Waals surface area (Å²) in [6, 6.07) is 0. The van der Waals surface area contributed by atoms with Crippen LogP contribution in [-0.2, 0) is 14.6 Å². The van der Waals surface area contributed by atoms with Gasteiger partial charge in [0.15, 0.2) is 9.84 Å². The third kappa shape index (κ3) is 1.37. The Morgan fingerprint density at radius 3 is 2.50 bits per heavy atom. The number of carbonyl (C=O) groups is 1. The second kappa shape index (κ2) is 2.34. The molecule has 3 nitrogen and oxygen atoms in total. The molecule has 1 heterocycles. The molecule has 0 N–H and O–H groups in total. The van der Waals surface area contributed by atoms with Gasteiger partial charge in [-0.1, -0.05) is 0 Å². The fraction of sp³-hybridized carbons (Fsp3) is 0.833. The van der Waals surface area contributed by atoms with E-state index in [4.69, 9.17) is 0 Å². The predicted molar refractivity (Wildman–Crippen MR) is 37.5 cm³/mol. The van der Waals surface area contributed by atoms with Crippen LogP contribution in [0.1, 0.15) is 19.8 Å². The van der Waals surface area contributed by atoms with Crippen molar-refractivity contribution in [3.63, 3.8) is 0 Å². The molecule has 1 unspecified atom stereocenters. The molecule has 58 valence electrons. The van der Waals surface area contributed by atoms with Crippen molar-refractivity contribution in [2.75, 3.05) is 5.75 Å². The maximum atomic E-state index is 11.0. The zero-order valence-electron chi connectivity index (χ0n) is 5.83. The smallest absolute Gasteiger partial charge is 0.159 e. The lowest BCUT2D eigenvalue weighted by Crippen LogP contribution is -2.31. The Labute approximate surface area is 60.3 Å². The molecule has 1 aliphatic heterocycles. The van der Waals surface area contributed by atoms with Gasteiger partial charge in [0.25, 0.3) is 0 Å². The molecule has 0 aromatic rings. The van der Waals surface area contributed by atoms with Crippen LogP contribution in [-0.4, -0.2) is 25.2 Å². The summed E-state index contributed by atoms with van der Waals surface area (Å²) in [5.74, 6) is -0.383. The molecule has 0 radical (unpaired) electrons. The molecule has 0 bridgehead atoms. The largest absolute Gasteiger partial charge is 0.299 e. The van der Waals surface area contributed by atoms with Gasteiger partial charge in [-0.15, -0.1) is 0 Å². The molecular formula is C6H10O3S. The zero-order valence-corrected chi connectivity index (χ0v) is 6.65. The van der Waals surface area contributed by atoms with Gasteiger partial charge < -0.3 is 0 Å². The Kier molecular flexibility index (Phi) is 1.81. The third-order valence-corrected chi connectivity index (χ3v) is 3.99. The Bertz CT molecular complexity index is 240. The summed E-state index contributed by atoms with van der Waals surface area (Å²) >= 11 is 0. The second-order valence-electron chi connectivity index (χ2n) is 2.70. The molecule has 4 heteroatoms. The molecule has 0 aliphatic carbocycles. The zero-order chi connectivity index (χ0) is 7.78. The summed E-state index contributed by atoms with van der Waals surface area (Å²) in [5, 5.41) is -0.315. The van der Waals surface area contributed by atoms with E-state index in [2.05, 4.69) is 0 Å². The fourth-order valence-corrected chi connectivity index (χ4v) is 2.34. The SMILES string of the molecule is CC1CCC(=O)CS1(=O)=O. The van der Waals surface area contributed by atoms with Gasteiger partial charge in [-0.05, 0) is 13.3 Å². The predicted octanol–water partition coefficient (Wildman–Crippen LogP) is 0.153. The molecular weight excluding hydrogens is 152 g/mol. The van der Waals surface area contributed by atoms with E-state index >= 15 is 0 Å². The summed E-state index contributed by atoms with van der Waals surface area (Å²) in [5.41, 5.74) is 0. The van der Waals surface area contributed by atoms with Gasteiger partial charge in [0.1, 0.15) is 11.5 Å². The van der Waals surface area contributed by atoms with Crippen LogP contribution in [0.4, 0.5) is 0 Å². The molecule has 0 spiro atoms. The van der Waals surface area contributed by atoms with E-state index < -0.39 is 9.84 Å². The minimum absolute atomic E-state index is 0.141. The average Bonchev–Trinajstić information content (AvgIpc) is 1.78. The number of Topliss-reactive ketones (excluding diaryl/α,β-unsaturated/α-hetero) is 1. The molecule has 0 aromatic heterocycles. The van der Waals surface area contributed by atoms with Crippen molar-refractivity contribution in [3.8, 4) is 0 Å². The lowest BCUT2D eigenvalue weighted by molar-refractivity contribution is -0.117. The van der Waals surface area contributed by atoms with E-state index in [1.165, 1.54) is 0 Å². The first-order valence-corrected chi connectivity index (χ1v) is 4.97. The van der Waals surface area contributed by atoms with Crippen molar-refractivity contribution in [1.82, 2.24) is 0 Å². The van der Waals surface area contributed by atoms with E-state index in [0.717, 1.165) is 0 Å². The number of sulfone groups is 1. The highest BCUT2D eigenvalue weighted by molar-refractivity contribution is 7.92. The topological polar surface area (TPSA) is 51.2 Å². The van der Waals surface area contributed by atoms with Crippen molar-refractivity contribution < 1.29 is 13.2 Å². The summed E-state index contributed by atoms with van der Waals surface area (Å²) in [6.07, 6.45) is 0.932. The standard InChI is InChI=1S/C6H10O3S/c1-5-2-3-6(7)4-10(5,8)9/h5H,2-4H2,1H3. The van der Waals surface area contributed by atoms with Gasteiger partial charge in [-0.25, -0.2) is 8.42 Å². The third-order valence-electron chi connectivity index (χ3n) is 1.80. The Morgan fingerprint density at radius 2 is 2.10 bits per heavy atom. The van der Waals surface area contributed by atoms with E-state index in [-0.39, 0.29) is 16.8 Å². The van der Waals surface area contributed by atoms with E-state index in [1.54, 1.807) is 6.92 Å². The van der Waals surface area contributed by atoms with Crippen LogP contribution in [0, 0.1) is 0 Å². The molecule has 1 rings (SSSR count). The van der Waals surface area contributed by atoms with Crippen molar-refractivity contribution >= 4 is 15.6 Å². The lowest BCUT2D eigenvalue weighted by atomic mass is 10.2. The summed E-state index contributed by atoms with van der Waals surface area (Å²) in [4.78, 5) is 10.6. The van der Waals surface area contributed by atoms with Gasteiger partial charge in [-0.3, -0.25) is 4.79 Å². The monoisotopic (exact) mass is 162 g/mol.